The average Bonchev–Trinajstić information content (AvgIpc) is 3.66. The van der Waals surface area contributed by atoms with Crippen LogP contribution in [0.5, 0.6) is 23.0 Å². The molecule has 7 nitrogen and oxygen atoms in total. The Hall–Kier alpha value is -5.17. The van der Waals surface area contributed by atoms with Gasteiger partial charge in [-0.3, -0.25) is 4.79 Å². The summed E-state index contributed by atoms with van der Waals surface area (Å²) in [6.45, 7) is 4.34. The first kappa shape index (κ1) is 27.4. The molecule has 0 saturated heterocycles. The zero-order valence-corrected chi connectivity index (χ0v) is 23.0. The molecule has 4 aromatic carbocycles. The fourth-order valence-electron chi connectivity index (χ4n) is 3.99. The lowest BCUT2D eigenvalue weighted by Gasteiger charge is -2.07. The highest BCUT2D eigenvalue weighted by Crippen LogP contribution is 2.34. The molecule has 2 aliphatic rings. The number of nitrogens with one attached hydrogen (secondary N) is 1. The minimum absolute atomic E-state index is 0.0219. The van der Waals surface area contributed by atoms with Gasteiger partial charge in [-0.1, -0.05) is 74.5 Å². The zero-order valence-electron chi connectivity index (χ0n) is 23.0. The van der Waals surface area contributed by atoms with Crippen molar-refractivity contribution in [3.05, 3.63) is 107 Å². The molecule has 0 aliphatic carbocycles. The van der Waals surface area contributed by atoms with Crippen molar-refractivity contribution in [2.75, 3.05) is 24.6 Å². The van der Waals surface area contributed by atoms with Crippen LogP contribution in [0.2, 0.25) is 0 Å². The number of benzene rings is 4. The molecule has 1 amide bonds. The molecule has 0 radical (unpaired) electrons. The molecular formula is C34H32N2O5. The smallest absolute Gasteiger partial charge is 0.231 e. The van der Waals surface area contributed by atoms with Gasteiger partial charge >= 0.3 is 0 Å². The fraction of sp³-hybridized carbons (Fsp3) is 0.147. The summed E-state index contributed by atoms with van der Waals surface area (Å²) in [6.07, 6.45) is 8.11. The van der Waals surface area contributed by atoms with E-state index >= 15 is 0 Å². The summed E-state index contributed by atoms with van der Waals surface area (Å²) in [7, 11) is 0. The van der Waals surface area contributed by atoms with Crippen LogP contribution in [0.25, 0.3) is 24.3 Å². The molecule has 2 heterocycles. The Morgan fingerprint density at radius 1 is 0.634 bits per heavy atom. The highest BCUT2D eigenvalue weighted by molar-refractivity contribution is 5.92. The Balaban J connectivity index is 0.000000169. The van der Waals surface area contributed by atoms with Crippen molar-refractivity contribution in [2.45, 2.75) is 13.8 Å². The van der Waals surface area contributed by atoms with Crippen molar-refractivity contribution in [1.82, 2.24) is 0 Å². The third-order valence-electron chi connectivity index (χ3n) is 6.37. The lowest BCUT2D eigenvalue weighted by atomic mass is 10.1. The lowest BCUT2D eigenvalue weighted by molar-refractivity contribution is -0.118. The fourth-order valence-corrected chi connectivity index (χ4v) is 3.99. The number of ether oxygens (including phenoxy) is 4. The second-order valence-corrected chi connectivity index (χ2v) is 9.82. The third kappa shape index (κ3) is 7.48. The molecule has 6 rings (SSSR count). The molecule has 0 atom stereocenters. The van der Waals surface area contributed by atoms with Crippen LogP contribution in [-0.2, 0) is 4.79 Å². The topological polar surface area (TPSA) is 92.0 Å². The van der Waals surface area contributed by atoms with Crippen molar-refractivity contribution in [3.8, 4) is 23.0 Å². The van der Waals surface area contributed by atoms with Crippen molar-refractivity contribution >= 4 is 41.6 Å². The van der Waals surface area contributed by atoms with Crippen LogP contribution in [0.15, 0.2) is 84.9 Å². The van der Waals surface area contributed by atoms with Crippen LogP contribution < -0.4 is 30.0 Å². The summed E-state index contributed by atoms with van der Waals surface area (Å²) in [5, 5.41) is 2.88. The zero-order chi connectivity index (χ0) is 28.6. The van der Waals surface area contributed by atoms with Crippen molar-refractivity contribution in [3.63, 3.8) is 0 Å². The van der Waals surface area contributed by atoms with E-state index in [-0.39, 0.29) is 18.6 Å². The number of hydrogen-bond acceptors (Lipinski definition) is 6. The van der Waals surface area contributed by atoms with E-state index in [2.05, 4.69) is 5.32 Å². The maximum Gasteiger partial charge on any atom is 0.231 e. The van der Waals surface area contributed by atoms with Gasteiger partial charge in [0.15, 0.2) is 23.0 Å². The molecule has 7 heteroatoms. The molecule has 0 aromatic heterocycles. The van der Waals surface area contributed by atoms with E-state index in [0.717, 1.165) is 56.6 Å². The number of carbonyl (C=O) groups excluding carboxylic acids is 1. The number of nitrogen functional groups attached to an aromatic ring is 1. The van der Waals surface area contributed by atoms with Crippen LogP contribution in [0, 0.1) is 5.92 Å². The monoisotopic (exact) mass is 548 g/mol. The first-order chi connectivity index (χ1) is 19.9. The first-order valence-electron chi connectivity index (χ1n) is 13.3. The second kappa shape index (κ2) is 12.8. The van der Waals surface area contributed by atoms with E-state index in [1.54, 1.807) is 0 Å². The van der Waals surface area contributed by atoms with Crippen LogP contribution in [0.3, 0.4) is 0 Å². The van der Waals surface area contributed by atoms with Gasteiger partial charge in [0, 0.05) is 17.3 Å². The predicted octanol–water partition coefficient (Wildman–Crippen LogP) is 7.35. The summed E-state index contributed by atoms with van der Waals surface area (Å²) >= 11 is 0. The minimum atomic E-state index is -0.0272. The molecule has 208 valence electrons. The van der Waals surface area contributed by atoms with E-state index in [9.17, 15) is 4.79 Å². The molecule has 0 fully saturated rings. The molecule has 0 bridgehead atoms. The summed E-state index contributed by atoms with van der Waals surface area (Å²) in [5.41, 5.74) is 11.5. The molecule has 3 N–H and O–H groups in total. The number of rotatable bonds is 6. The van der Waals surface area contributed by atoms with Crippen LogP contribution in [-0.4, -0.2) is 19.5 Å². The van der Waals surface area contributed by atoms with Crippen molar-refractivity contribution < 1.29 is 23.7 Å². The van der Waals surface area contributed by atoms with Gasteiger partial charge in [-0.2, -0.15) is 0 Å². The maximum absolute atomic E-state index is 11.7. The predicted molar refractivity (Wildman–Crippen MR) is 164 cm³/mol. The normalized spacial score (nSPS) is 13.0. The van der Waals surface area contributed by atoms with Gasteiger partial charge in [0.1, 0.15) is 0 Å². The summed E-state index contributed by atoms with van der Waals surface area (Å²) < 4.78 is 21.3. The molecule has 2 aliphatic heterocycles. The van der Waals surface area contributed by atoms with Gasteiger partial charge in [-0.25, -0.2) is 0 Å². The van der Waals surface area contributed by atoms with E-state index in [4.69, 9.17) is 24.7 Å². The van der Waals surface area contributed by atoms with Crippen molar-refractivity contribution in [1.29, 1.82) is 0 Å². The van der Waals surface area contributed by atoms with Gasteiger partial charge in [0.2, 0.25) is 19.5 Å². The van der Waals surface area contributed by atoms with E-state index in [0.29, 0.717) is 6.79 Å². The standard InChI is InChI=1S/C19H19NO3.C15H13NO2/c1-13(2)19(21)20-16-8-5-14(6-9-16)3-4-15-7-10-17-18(11-15)23-12-22-17;16-13-6-3-11(4-7-13)1-2-12-5-8-14-15(9-12)18-10-17-14/h3-11,13H,12H2,1-2H3,(H,20,21);1-9H,10,16H2/b4-3+;2-1+. The van der Waals surface area contributed by atoms with E-state index in [1.165, 1.54) is 0 Å². The molecule has 0 spiro atoms. The highest BCUT2D eigenvalue weighted by atomic mass is 16.7. The number of anilines is 2. The van der Waals surface area contributed by atoms with E-state index < -0.39 is 0 Å². The average molecular weight is 549 g/mol. The first-order valence-corrected chi connectivity index (χ1v) is 13.3. The third-order valence-corrected chi connectivity index (χ3v) is 6.37. The number of fused-ring (bicyclic) bond motifs is 2. The highest BCUT2D eigenvalue weighted by Gasteiger charge is 2.13. The largest absolute Gasteiger partial charge is 0.454 e. The number of amides is 1. The maximum atomic E-state index is 11.7. The molecule has 0 unspecified atom stereocenters. The van der Waals surface area contributed by atoms with Gasteiger partial charge < -0.3 is 30.0 Å². The van der Waals surface area contributed by atoms with Crippen LogP contribution in [0.4, 0.5) is 11.4 Å². The summed E-state index contributed by atoms with van der Waals surface area (Å²) in [6, 6.07) is 27.2. The second-order valence-electron chi connectivity index (χ2n) is 9.82. The van der Waals surface area contributed by atoms with Gasteiger partial charge in [-0.05, 0) is 70.8 Å². The van der Waals surface area contributed by atoms with Gasteiger partial charge in [-0.15, -0.1) is 0 Å². The molecule has 4 aromatic rings. The Labute approximate surface area is 239 Å². The molecule has 41 heavy (non-hydrogen) atoms. The quantitative estimate of drug-likeness (QED) is 0.193. The van der Waals surface area contributed by atoms with E-state index in [1.807, 2.05) is 123 Å². The van der Waals surface area contributed by atoms with Gasteiger partial charge in [0.25, 0.3) is 0 Å². The summed E-state index contributed by atoms with van der Waals surface area (Å²) in [4.78, 5) is 11.7. The Kier molecular flexibility index (Phi) is 8.55. The molecular weight excluding hydrogens is 516 g/mol. The molecule has 0 saturated carbocycles. The van der Waals surface area contributed by atoms with Crippen LogP contribution >= 0.6 is 0 Å². The summed E-state index contributed by atoms with van der Waals surface area (Å²) in [5.74, 6) is 3.16. The number of nitrogens with two attached hydrogens (primary N) is 1. The number of hydrogen-bond donors (Lipinski definition) is 2. The SMILES string of the molecule is CC(C)C(=O)Nc1ccc(/C=C/c2ccc3c(c2)OCO3)cc1.Nc1ccc(/C=C/c2ccc3c(c2)OCO3)cc1. The minimum Gasteiger partial charge on any atom is -0.454 e. The van der Waals surface area contributed by atoms with Crippen LogP contribution in [0.1, 0.15) is 36.1 Å². The lowest BCUT2D eigenvalue weighted by Crippen LogP contribution is -2.17. The number of carbonyl (C=O) groups is 1. The Morgan fingerprint density at radius 3 is 1.54 bits per heavy atom. The van der Waals surface area contributed by atoms with Crippen molar-refractivity contribution in [2.24, 2.45) is 5.92 Å². The Morgan fingerprint density at radius 2 is 1.05 bits per heavy atom. The van der Waals surface area contributed by atoms with Gasteiger partial charge in [0.05, 0.1) is 0 Å². The Bertz CT molecular complexity index is 1560.